The molecule has 0 radical (unpaired) electrons. The lowest BCUT2D eigenvalue weighted by Crippen LogP contribution is -1.92. The predicted octanol–water partition coefficient (Wildman–Crippen LogP) is 31.8. The van der Waals surface area contributed by atoms with Gasteiger partial charge in [0.25, 0.3) is 0 Å². The number of aryl methyl sites for hydroxylation is 4. The van der Waals surface area contributed by atoms with Gasteiger partial charge in [-0.3, -0.25) is 0 Å². The molecule has 0 saturated carbocycles. The van der Waals surface area contributed by atoms with E-state index in [0.717, 1.165) is 0 Å². The van der Waals surface area contributed by atoms with Crippen molar-refractivity contribution in [3.63, 3.8) is 0 Å². The normalized spacial score (nSPS) is 11.4. The summed E-state index contributed by atoms with van der Waals surface area (Å²) in [7, 11) is 0. The molecule has 0 heterocycles. The van der Waals surface area contributed by atoms with Crippen molar-refractivity contribution in [1.82, 2.24) is 0 Å². The second kappa shape index (κ2) is 29.5. The van der Waals surface area contributed by atoms with Crippen LogP contribution in [0.1, 0.15) is 22.3 Å². The van der Waals surface area contributed by atoms with E-state index >= 15 is 0 Å². The molecule has 528 valence electrons. The van der Waals surface area contributed by atoms with Crippen LogP contribution in [0.25, 0.3) is 196 Å². The Morgan fingerprint density at radius 3 is 0.696 bits per heavy atom. The largest absolute Gasteiger partial charge is 0.0622 e. The van der Waals surface area contributed by atoms with E-state index in [2.05, 4.69) is 440 Å². The number of hydrogen-bond donors (Lipinski definition) is 0. The van der Waals surface area contributed by atoms with Crippen LogP contribution < -0.4 is 0 Å². The van der Waals surface area contributed by atoms with Crippen molar-refractivity contribution >= 4 is 129 Å². The molecule has 0 atom stereocenters. The minimum absolute atomic E-state index is 1.26. The molecule has 0 unspecified atom stereocenters. The topological polar surface area (TPSA) is 0 Å². The van der Waals surface area contributed by atoms with Crippen LogP contribution in [0.3, 0.4) is 0 Å². The highest BCUT2D eigenvalue weighted by atomic mass is 14.2. The molecule has 0 nitrogen and oxygen atoms in total. The summed E-state index contributed by atoms with van der Waals surface area (Å²) >= 11 is 0. The summed E-state index contributed by atoms with van der Waals surface area (Å²) in [6, 6.07) is 150. The van der Waals surface area contributed by atoms with E-state index in [9.17, 15) is 0 Å². The Morgan fingerprint density at radius 1 is 0.125 bits per heavy atom. The summed E-state index contributed by atoms with van der Waals surface area (Å²) in [5.74, 6) is 0. The van der Waals surface area contributed by atoms with Gasteiger partial charge in [0.05, 0.1) is 0 Å². The highest BCUT2D eigenvalue weighted by Gasteiger charge is 2.21. The van der Waals surface area contributed by atoms with Crippen molar-refractivity contribution in [2.24, 2.45) is 0 Å². The molecule has 0 fully saturated rings. The standard InChI is InChI=1S/2C31H22.2C25H18/c1-21-15-16-24-20-25(18-17-23(24)19-21)31-28-13-7-5-11-26(28)30(22-9-3-2-4-10-22)27-12-6-8-14-29(27)31;1-21-19-20-29(24-14-6-5-13-23(21)24)31-27-17-9-7-15-25(27)30(22-11-3-2-4-12-22)26-16-8-10-18-28(26)31;1-17-14-15-24(23-13-7-6-10-20(17)23)25-21-11-4-2-8-18(21)16-19-9-3-5-12-22(19)25;1-17-10-11-19-15-22(13-12-18(19)14-17)25-23-8-4-2-6-20(23)16-21-7-3-5-9-24(21)25/h2*2-20H,1H3;2*2-16H,1H3. The number of rotatable bonds is 6. The van der Waals surface area contributed by atoms with Crippen LogP contribution in [-0.4, -0.2) is 0 Å². The van der Waals surface area contributed by atoms with Crippen molar-refractivity contribution in [3.05, 3.63) is 435 Å². The zero-order valence-electron chi connectivity index (χ0n) is 63.3. The van der Waals surface area contributed by atoms with Crippen molar-refractivity contribution in [2.45, 2.75) is 27.7 Å². The van der Waals surface area contributed by atoms with Crippen LogP contribution in [0.15, 0.2) is 413 Å². The number of hydrogen-bond acceptors (Lipinski definition) is 0. The summed E-state index contributed by atoms with van der Waals surface area (Å²) < 4.78 is 0. The van der Waals surface area contributed by atoms with Crippen LogP contribution in [-0.2, 0) is 0 Å². The van der Waals surface area contributed by atoms with Gasteiger partial charge >= 0.3 is 0 Å². The van der Waals surface area contributed by atoms with E-state index in [0.29, 0.717) is 0 Å². The lowest BCUT2D eigenvalue weighted by molar-refractivity contribution is 1.51. The van der Waals surface area contributed by atoms with Crippen LogP contribution in [0.5, 0.6) is 0 Å². The highest BCUT2D eigenvalue weighted by Crippen LogP contribution is 2.48. The first-order valence-corrected chi connectivity index (χ1v) is 39.0. The molecule has 0 spiro atoms. The van der Waals surface area contributed by atoms with Gasteiger partial charge in [0.1, 0.15) is 0 Å². The number of fused-ring (bicyclic) bond motifs is 12. The Balaban J connectivity index is 0.000000101. The molecular weight excluding hydrogens is 1350 g/mol. The average molecular weight is 1430 g/mol. The Kier molecular flexibility index (Phi) is 18.0. The zero-order chi connectivity index (χ0) is 75.2. The van der Waals surface area contributed by atoms with Crippen molar-refractivity contribution in [3.8, 4) is 66.8 Å². The molecule has 0 amide bonds. The summed E-state index contributed by atoms with van der Waals surface area (Å²) in [4.78, 5) is 0. The molecule has 0 aliphatic heterocycles. The minimum Gasteiger partial charge on any atom is -0.0622 e. The molecule has 22 aromatic carbocycles. The third-order valence-corrected chi connectivity index (χ3v) is 22.9. The lowest BCUT2D eigenvalue weighted by Gasteiger charge is -2.19. The fourth-order valence-electron chi connectivity index (χ4n) is 17.7. The summed E-state index contributed by atoms with van der Waals surface area (Å²) in [6.07, 6.45) is 0. The van der Waals surface area contributed by atoms with Crippen LogP contribution in [0.4, 0.5) is 0 Å². The van der Waals surface area contributed by atoms with E-state index in [4.69, 9.17) is 0 Å². The maximum atomic E-state index is 2.34. The van der Waals surface area contributed by atoms with Crippen LogP contribution in [0.2, 0.25) is 0 Å². The summed E-state index contributed by atoms with van der Waals surface area (Å²) in [5.41, 5.74) is 20.8. The first-order valence-electron chi connectivity index (χ1n) is 39.0. The molecule has 112 heavy (non-hydrogen) atoms. The van der Waals surface area contributed by atoms with Gasteiger partial charge in [-0.1, -0.05) is 399 Å². The molecule has 0 heteroatoms. The maximum absolute atomic E-state index is 2.34. The van der Waals surface area contributed by atoms with Gasteiger partial charge < -0.3 is 0 Å². The molecule has 0 aliphatic carbocycles. The molecule has 22 rings (SSSR count). The monoisotopic (exact) mass is 1420 g/mol. The quantitative estimate of drug-likeness (QED) is 0.146. The van der Waals surface area contributed by atoms with Gasteiger partial charge in [0, 0.05) is 0 Å². The van der Waals surface area contributed by atoms with Crippen LogP contribution in [0, 0.1) is 27.7 Å². The maximum Gasteiger partial charge on any atom is -0.00201 e. The SMILES string of the molecule is Cc1ccc(-c2c3ccccc3c(-c3ccccc3)c3ccccc23)c2ccccc12.Cc1ccc(-c2c3ccccc3cc3ccccc23)c2ccccc12.Cc1ccc2cc(-c3c4ccccc4c(-c4ccccc4)c4ccccc34)ccc2c1.Cc1ccc2cc(-c3c4ccccc4cc4ccccc34)ccc2c1. The van der Waals surface area contributed by atoms with Crippen molar-refractivity contribution < 1.29 is 0 Å². The smallest absolute Gasteiger partial charge is 0.00201 e. The van der Waals surface area contributed by atoms with Gasteiger partial charge in [-0.25, -0.2) is 0 Å². The van der Waals surface area contributed by atoms with E-state index in [1.165, 1.54) is 218 Å². The van der Waals surface area contributed by atoms with Gasteiger partial charge in [-0.15, -0.1) is 0 Å². The summed E-state index contributed by atoms with van der Waals surface area (Å²) in [6.45, 7) is 8.68. The second-order valence-electron chi connectivity index (χ2n) is 29.9. The fourth-order valence-corrected chi connectivity index (χ4v) is 17.7. The Bertz CT molecular complexity index is 7180. The number of benzene rings is 22. The average Bonchev–Trinajstić information content (AvgIpc) is 0.738. The fraction of sp³-hybridized carbons (Fsp3) is 0.0357. The third kappa shape index (κ3) is 12.6. The van der Waals surface area contributed by atoms with Gasteiger partial charge in [-0.05, 0) is 259 Å². The molecule has 22 aromatic rings. The predicted molar refractivity (Wildman–Crippen MR) is 487 cm³/mol. The van der Waals surface area contributed by atoms with Gasteiger partial charge in [-0.2, -0.15) is 0 Å². The van der Waals surface area contributed by atoms with Crippen molar-refractivity contribution in [1.29, 1.82) is 0 Å². The minimum atomic E-state index is 1.26. The van der Waals surface area contributed by atoms with Gasteiger partial charge in [0.15, 0.2) is 0 Å². The molecule has 0 saturated heterocycles. The second-order valence-corrected chi connectivity index (χ2v) is 29.9. The first-order chi connectivity index (χ1) is 55.2. The molecular formula is C112H80. The Labute approximate surface area is 654 Å². The zero-order valence-corrected chi connectivity index (χ0v) is 63.3. The molecule has 0 aliphatic rings. The Morgan fingerprint density at radius 2 is 0.357 bits per heavy atom. The Hall–Kier alpha value is -14.0. The first kappa shape index (κ1) is 68.5. The van der Waals surface area contributed by atoms with Crippen LogP contribution >= 0.6 is 0 Å². The van der Waals surface area contributed by atoms with E-state index in [1.807, 2.05) is 0 Å². The molecule has 0 aromatic heterocycles. The third-order valence-electron chi connectivity index (χ3n) is 22.9. The highest BCUT2D eigenvalue weighted by molar-refractivity contribution is 6.25. The molecule has 0 N–H and O–H groups in total. The summed E-state index contributed by atoms with van der Waals surface area (Å²) in [5, 5.41) is 31.3. The lowest BCUT2D eigenvalue weighted by atomic mass is 9.84. The van der Waals surface area contributed by atoms with E-state index < -0.39 is 0 Å². The van der Waals surface area contributed by atoms with E-state index in [-0.39, 0.29) is 0 Å². The van der Waals surface area contributed by atoms with E-state index in [1.54, 1.807) is 0 Å². The van der Waals surface area contributed by atoms with Crippen molar-refractivity contribution in [2.75, 3.05) is 0 Å². The molecule has 0 bridgehead atoms. The van der Waals surface area contributed by atoms with Gasteiger partial charge in [0.2, 0.25) is 0 Å².